The summed E-state index contributed by atoms with van der Waals surface area (Å²) >= 11 is 6.09. The Hall–Kier alpha value is -2.90. The average molecular weight is 435 g/mol. The molecular formula is C22H24ClFN2O4. The monoisotopic (exact) mass is 434 g/mol. The predicted molar refractivity (Wildman–Crippen MR) is 114 cm³/mol. The number of carbonyl (C=O) groups is 2. The first kappa shape index (κ1) is 23.4. The zero-order chi connectivity index (χ0) is 22.6. The molecule has 3 N–H and O–H groups in total. The van der Waals surface area contributed by atoms with Crippen molar-refractivity contribution in [3.8, 4) is 0 Å². The zero-order valence-corrected chi connectivity index (χ0v) is 17.9. The number of benzene rings is 2. The van der Waals surface area contributed by atoms with Gasteiger partial charge in [0.05, 0.1) is 16.5 Å². The summed E-state index contributed by atoms with van der Waals surface area (Å²) < 4.78 is 15.7. The number of nitrogens with zero attached hydrogens (tertiary/aromatic N) is 1. The fraction of sp³-hybridized carbons (Fsp3) is 0.273. The molecule has 1 amide bonds. The molecule has 0 bridgehead atoms. The molecule has 0 saturated heterocycles. The largest absolute Gasteiger partial charge is 0.481 e. The number of aromatic nitrogens is 1. The summed E-state index contributed by atoms with van der Waals surface area (Å²) in [6.07, 6.45) is 0. The van der Waals surface area contributed by atoms with Gasteiger partial charge in [-0.15, -0.1) is 0 Å². The van der Waals surface area contributed by atoms with Crippen molar-refractivity contribution in [2.45, 2.75) is 26.3 Å². The summed E-state index contributed by atoms with van der Waals surface area (Å²) in [5.74, 6) is -2.27. The number of carbonyl (C=O) groups excluding carboxylic acids is 1. The van der Waals surface area contributed by atoms with Crippen molar-refractivity contribution in [3.05, 3.63) is 69.6 Å². The van der Waals surface area contributed by atoms with E-state index in [0.29, 0.717) is 27.7 Å². The topological polar surface area (TPSA) is 91.6 Å². The van der Waals surface area contributed by atoms with Crippen LogP contribution in [0.1, 0.15) is 40.0 Å². The van der Waals surface area contributed by atoms with Crippen molar-refractivity contribution < 1.29 is 24.2 Å². The first-order chi connectivity index (χ1) is 14.2. The highest BCUT2D eigenvalue weighted by molar-refractivity contribution is 6.36. The van der Waals surface area contributed by atoms with Crippen LogP contribution in [0.15, 0.2) is 36.4 Å². The lowest BCUT2D eigenvalue weighted by Gasteiger charge is -2.09. The molecule has 0 spiro atoms. The van der Waals surface area contributed by atoms with E-state index in [1.807, 2.05) is 0 Å². The van der Waals surface area contributed by atoms with Crippen molar-refractivity contribution >= 4 is 34.4 Å². The Morgan fingerprint density at radius 2 is 1.80 bits per heavy atom. The quantitative estimate of drug-likeness (QED) is 0.566. The van der Waals surface area contributed by atoms with E-state index >= 15 is 0 Å². The number of aliphatic hydroxyl groups is 1. The van der Waals surface area contributed by atoms with Gasteiger partial charge in [-0.05, 0) is 42.7 Å². The van der Waals surface area contributed by atoms with Crippen LogP contribution in [-0.2, 0) is 18.4 Å². The second kappa shape index (κ2) is 9.73. The Kier molecular flexibility index (Phi) is 7.59. The number of aryl methyl sites for hydroxylation is 2. The highest BCUT2D eigenvalue weighted by Crippen LogP contribution is 2.31. The van der Waals surface area contributed by atoms with Gasteiger partial charge in [0, 0.05) is 26.1 Å². The number of aliphatic hydroxyl groups excluding tert-OH is 1. The average Bonchev–Trinajstić information content (AvgIpc) is 3.08. The maximum Gasteiger partial charge on any atom is 0.310 e. The van der Waals surface area contributed by atoms with Gasteiger partial charge in [-0.3, -0.25) is 9.59 Å². The summed E-state index contributed by atoms with van der Waals surface area (Å²) in [5, 5.41) is 19.4. The molecule has 3 rings (SSSR count). The van der Waals surface area contributed by atoms with Gasteiger partial charge in [0.2, 0.25) is 0 Å². The van der Waals surface area contributed by atoms with Crippen LogP contribution in [0.25, 0.3) is 10.9 Å². The Labute approximate surface area is 178 Å². The number of rotatable bonds is 5. The highest BCUT2D eigenvalue weighted by Gasteiger charge is 2.18. The first-order valence-corrected chi connectivity index (χ1v) is 9.57. The molecule has 1 heterocycles. The van der Waals surface area contributed by atoms with Crippen molar-refractivity contribution in [1.82, 2.24) is 9.88 Å². The molecule has 1 aromatic heterocycles. The van der Waals surface area contributed by atoms with Crippen LogP contribution in [-0.4, -0.2) is 33.8 Å². The molecule has 0 radical (unpaired) electrons. The SMILES string of the molecule is CO.Cc1cc2c(cc(C(=O)NCc3ccc(C(C)C(=O)O)cc3)n2C)c(Cl)c1F. The number of fused-ring (bicyclic) bond motifs is 1. The molecule has 6 nitrogen and oxygen atoms in total. The maximum absolute atomic E-state index is 14.0. The van der Waals surface area contributed by atoms with Gasteiger partial charge in [-0.25, -0.2) is 4.39 Å². The van der Waals surface area contributed by atoms with Crippen molar-refractivity contribution in [3.63, 3.8) is 0 Å². The minimum absolute atomic E-state index is 0.00721. The highest BCUT2D eigenvalue weighted by atomic mass is 35.5. The molecule has 0 saturated carbocycles. The molecule has 3 aromatic rings. The summed E-state index contributed by atoms with van der Waals surface area (Å²) in [6.45, 7) is 3.53. The fourth-order valence-corrected chi connectivity index (χ4v) is 3.39. The van der Waals surface area contributed by atoms with Gasteiger partial charge < -0.3 is 20.1 Å². The van der Waals surface area contributed by atoms with Gasteiger partial charge in [-0.1, -0.05) is 35.9 Å². The minimum atomic E-state index is -0.887. The minimum Gasteiger partial charge on any atom is -0.481 e. The summed E-state index contributed by atoms with van der Waals surface area (Å²) in [4.78, 5) is 23.6. The molecule has 0 aliphatic rings. The number of carboxylic acid groups (broad SMARTS) is 1. The number of amides is 1. The zero-order valence-electron chi connectivity index (χ0n) is 17.2. The van der Waals surface area contributed by atoms with E-state index in [0.717, 1.165) is 12.7 Å². The number of carboxylic acids is 1. The summed E-state index contributed by atoms with van der Waals surface area (Å²) in [5.41, 5.74) is 3.01. The van der Waals surface area contributed by atoms with Gasteiger partial charge >= 0.3 is 5.97 Å². The number of halogens is 2. The smallest absolute Gasteiger partial charge is 0.310 e. The lowest BCUT2D eigenvalue weighted by Crippen LogP contribution is -2.24. The van der Waals surface area contributed by atoms with Crippen LogP contribution in [0.5, 0.6) is 0 Å². The maximum atomic E-state index is 14.0. The van der Waals surface area contributed by atoms with Crippen LogP contribution < -0.4 is 5.32 Å². The molecule has 1 atom stereocenters. The molecule has 160 valence electrons. The first-order valence-electron chi connectivity index (χ1n) is 9.19. The van der Waals surface area contributed by atoms with Crippen LogP contribution in [0.4, 0.5) is 4.39 Å². The molecule has 0 fully saturated rings. The van der Waals surface area contributed by atoms with Gasteiger partial charge in [0.25, 0.3) is 5.91 Å². The molecule has 0 aliphatic carbocycles. The van der Waals surface area contributed by atoms with E-state index in [4.69, 9.17) is 21.8 Å². The lowest BCUT2D eigenvalue weighted by molar-refractivity contribution is -0.138. The van der Waals surface area contributed by atoms with Crippen molar-refractivity contribution in [1.29, 1.82) is 0 Å². The third-order valence-corrected chi connectivity index (χ3v) is 5.31. The number of nitrogens with one attached hydrogen (secondary N) is 1. The molecule has 2 aromatic carbocycles. The van der Waals surface area contributed by atoms with E-state index in [2.05, 4.69) is 5.32 Å². The van der Waals surface area contributed by atoms with E-state index < -0.39 is 17.7 Å². The van der Waals surface area contributed by atoms with Crippen LogP contribution in [0, 0.1) is 12.7 Å². The molecular weight excluding hydrogens is 411 g/mol. The lowest BCUT2D eigenvalue weighted by atomic mass is 10.00. The Morgan fingerprint density at radius 3 is 2.37 bits per heavy atom. The normalized spacial score (nSPS) is 11.6. The number of aliphatic carboxylic acids is 1. The third-order valence-electron chi connectivity index (χ3n) is 4.94. The molecule has 1 unspecified atom stereocenters. The second-order valence-electron chi connectivity index (χ2n) is 6.83. The van der Waals surface area contributed by atoms with Crippen LogP contribution in [0.3, 0.4) is 0 Å². The van der Waals surface area contributed by atoms with E-state index in [1.54, 1.807) is 61.9 Å². The summed E-state index contributed by atoms with van der Waals surface area (Å²) in [6, 6.07) is 10.3. The van der Waals surface area contributed by atoms with E-state index in [-0.39, 0.29) is 17.5 Å². The Morgan fingerprint density at radius 1 is 1.20 bits per heavy atom. The fourth-order valence-electron chi connectivity index (χ4n) is 3.09. The molecule has 8 heteroatoms. The number of hydrogen-bond donors (Lipinski definition) is 3. The molecule has 0 aliphatic heterocycles. The van der Waals surface area contributed by atoms with Gasteiger partial charge in [0.1, 0.15) is 11.5 Å². The van der Waals surface area contributed by atoms with Crippen LogP contribution in [0.2, 0.25) is 5.02 Å². The predicted octanol–water partition coefficient (Wildman–Crippen LogP) is 4.01. The second-order valence-corrected chi connectivity index (χ2v) is 7.20. The summed E-state index contributed by atoms with van der Waals surface area (Å²) in [7, 11) is 2.73. The third kappa shape index (κ3) is 4.63. The Bertz CT molecular complexity index is 1080. The molecule has 30 heavy (non-hydrogen) atoms. The standard InChI is InChI=1S/C21H20ClFN2O3.CH4O/c1-11-8-16-15(18(22)19(11)23)9-17(25(16)3)20(26)24-10-13-4-6-14(7-5-13)12(2)21(27)28;1-2/h4-9,12H,10H2,1-3H3,(H,24,26)(H,27,28);2H,1H3. The van der Waals surface area contributed by atoms with Gasteiger partial charge in [-0.2, -0.15) is 0 Å². The van der Waals surface area contributed by atoms with E-state index in [1.165, 1.54) is 0 Å². The van der Waals surface area contributed by atoms with Crippen molar-refractivity contribution in [2.24, 2.45) is 7.05 Å². The van der Waals surface area contributed by atoms with Crippen molar-refractivity contribution in [2.75, 3.05) is 7.11 Å². The van der Waals surface area contributed by atoms with E-state index in [9.17, 15) is 14.0 Å². The number of hydrogen-bond acceptors (Lipinski definition) is 3. The Balaban J connectivity index is 0.00000155. The van der Waals surface area contributed by atoms with Gasteiger partial charge in [0.15, 0.2) is 0 Å². The van der Waals surface area contributed by atoms with Crippen LogP contribution >= 0.6 is 11.6 Å².